The highest BCUT2D eigenvalue weighted by Gasteiger charge is 2.80. The van der Waals surface area contributed by atoms with E-state index < -0.39 is 54.3 Å². The molecule has 1 aromatic heterocycles. The SMILES string of the molecule is CN(C)C1=NC2(N=C(Nc3ccccc3Nc3nc(OC(CC(=O)ON)C(=O)ON)nc(N(C)C)n3)N1)OC2(CC(=O)ON)C(=O)ON. The van der Waals surface area contributed by atoms with Crippen LogP contribution in [-0.2, 0) is 43.3 Å². The van der Waals surface area contributed by atoms with Crippen LogP contribution in [0.1, 0.15) is 12.8 Å². The van der Waals surface area contributed by atoms with Crippen molar-refractivity contribution in [2.75, 3.05) is 43.7 Å². The number of aromatic nitrogens is 3. The number of nitrogens with two attached hydrogens (primary N) is 4. The summed E-state index contributed by atoms with van der Waals surface area (Å²) in [6, 6.07) is 6.30. The number of para-hydroxylation sites is 2. The highest BCUT2D eigenvalue weighted by atomic mass is 16.7. The summed E-state index contributed by atoms with van der Waals surface area (Å²) in [5.41, 5.74) is -1.34. The van der Waals surface area contributed by atoms with E-state index in [9.17, 15) is 19.2 Å². The number of nitrogens with zero attached hydrogens (tertiary/aromatic N) is 7. The quantitative estimate of drug-likeness (QED) is 0.0850. The summed E-state index contributed by atoms with van der Waals surface area (Å²) in [5, 5.41) is 9.03. The van der Waals surface area contributed by atoms with Gasteiger partial charge in [0.2, 0.25) is 29.9 Å². The van der Waals surface area contributed by atoms with Crippen molar-refractivity contribution in [1.29, 1.82) is 0 Å². The molecule has 0 bridgehead atoms. The summed E-state index contributed by atoms with van der Waals surface area (Å²) >= 11 is 0. The molecule has 4 rings (SSSR count). The third kappa shape index (κ3) is 7.37. The van der Waals surface area contributed by atoms with Gasteiger partial charge in [0.1, 0.15) is 0 Å². The maximum Gasteiger partial charge on any atom is 0.366 e. The zero-order valence-electron chi connectivity index (χ0n) is 25.8. The van der Waals surface area contributed by atoms with E-state index in [-0.39, 0.29) is 29.8 Å². The van der Waals surface area contributed by atoms with E-state index in [4.69, 9.17) is 33.1 Å². The zero-order valence-corrected chi connectivity index (χ0v) is 25.8. The molecule has 48 heavy (non-hydrogen) atoms. The molecule has 0 saturated carbocycles. The molecule has 2 aromatic rings. The van der Waals surface area contributed by atoms with Crippen molar-refractivity contribution in [2.45, 2.75) is 30.4 Å². The molecule has 1 saturated heterocycles. The second-order valence-corrected chi connectivity index (χ2v) is 10.2. The van der Waals surface area contributed by atoms with Crippen LogP contribution in [0.3, 0.4) is 0 Å². The first kappa shape index (κ1) is 34.9. The van der Waals surface area contributed by atoms with E-state index in [2.05, 4.69) is 60.2 Å². The van der Waals surface area contributed by atoms with E-state index in [0.29, 0.717) is 11.4 Å². The maximum atomic E-state index is 12.7. The second kappa shape index (κ2) is 14.2. The third-order valence-electron chi connectivity index (χ3n) is 6.48. The lowest BCUT2D eigenvalue weighted by atomic mass is 10.0. The standard InChI is InChI=1S/C24H32N14O10/c1-37(2)20-31-18(33-22(34-20)43-13(16(41)46-27)9-14(39)44-25)29-11-7-5-6-8-12(11)30-19-32-21(38(3)4)36-24(35-19)23(48-24,17(42)47-28)10-15(40)45-26/h5-8,13H,9-10,25-28H2,1-4H3,(H,29,31,33,34)(H2,30,32,35,36). The summed E-state index contributed by atoms with van der Waals surface area (Å²) < 4.78 is 11.1. The number of aliphatic imine (C=N–C) groups is 2. The van der Waals surface area contributed by atoms with E-state index in [0.717, 1.165) is 0 Å². The van der Waals surface area contributed by atoms with Gasteiger partial charge in [0.25, 0.3) is 5.60 Å². The van der Waals surface area contributed by atoms with Gasteiger partial charge >= 0.3 is 35.7 Å². The molecule has 1 spiro atoms. The molecule has 24 nitrogen and oxygen atoms in total. The van der Waals surface area contributed by atoms with E-state index in [1.165, 1.54) is 4.90 Å². The van der Waals surface area contributed by atoms with Crippen molar-refractivity contribution in [3.05, 3.63) is 24.3 Å². The normalized spacial score (nSPS) is 19.8. The molecule has 0 amide bonds. The number of carbonyl (C=O) groups is 4. The van der Waals surface area contributed by atoms with Crippen molar-refractivity contribution in [2.24, 2.45) is 33.6 Å². The van der Waals surface area contributed by atoms with Gasteiger partial charge in [-0.1, -0.05) is 12.1 Å². The largest absolute Gasteiger partial charge is 0.447 e. The van der Waals surface area contributed by atoms with Gasteiger partial charge in [-0.15, -0.1) is 0 Å². The van der Waals surface area contributed by atoms with Gasteiger partial charge in [-0.3, -0.25) is 14.9 Å². The number of nitrogens with one attached hydrogen (secondary N) is 3. The Bertz CT molecular complexity index is 1640. The fourth-order valence-electron chi connectivity index (χ4n) is 4.11. The average Bonchev–Trinajstić information content (AvgIpc) is 3.67. The molecular formula is C24H32N14O10. The Hall–Kier alpha value is -5.95. The Kier molecular flexibility index (Phi) is 10.3. The molecule has 3 unspecified atom stereocenters. The van der Waals surface area contributed by atoms with Crippen LogP contribution in [0.25, 0.3) is 0 Å². The van der Waals surface area contributed by atoms with E-state index >= 15 is 0 Å². The van der Waals surface area contributed by atoms with Crippen molar-refractivity contribution in [3.8, 4) is 6.01 Å². The molecule has 0 aliphatic carbocycles. The lowest BCUT2D eigenvalue weighted by Gasteiger charge is -2.26. The predicted octanol–water partition coefficient (Wildman–Crippen LogP) is -3.41. The summed E-state index contributed by atoms with van der Waals surface area (Å²) in [6.07, 6.45) is -2.99. The molecule has 2 aliphatic heterocycles. The second-order valence-electron chi connectivity index (χ2n) is 10.2. The first-order valence-electron chi connectivity index (χ1n) is 13.5. The number of benzene rings is 1. The van der Waals surface area contributed by atoms with Gasteiger partial charge in [0, 0.05) is 28.2 Å². The first-order valence-corrected chi connectivity index (χ1v) is 13.5. The predicted molar refractivity (Wildman–Crippen MR) is 161 cm³/mol. The molecule has 24 heteroatoms. The summed E-state index contributed by atoms with van der Waals surface area (Å²) in [4.78, 5) is 90.1. The molecule has 2 aliphatic rings. The molecule has 3 atom stereocenters. The number of hydrogen-bond donors (Lipinski definition) is 7. The smallest absolute Gasteiger partial charge is 0.366 e. The van der Waals surface area contributed by atoms with Crippen LogP contribution in [0.15, 0.2) is 34.3 Å². The number of guanidine groups is 2. The van der Waals surface area contributed by atoms with Gasteiger partial charge in [-0.25, -0.2) is 9.59 Å². The number of ether oxygens (including phenoxy) is 2. The van der Waals surface area contributed by atoms with Crippen LogP contribution in [0, 0.1) is 0 Å². The molecular weight excluding hydrogens is 644 g/mol. The Labute approximate surface area is 270 Å². The lowest BCUT2D eigenvalue weighted by molar-refractivity contribution is -0.159. The van der Waals surface area contributed by atoms with E-state index in [1.807, 2.05) is 0 Å². The van der Waals surface area contributed by atoms with Gasteiger partial charge in [0.05, 0.1) is 24.2 Å². The molecule has 11 N–H and O–H groups in total. The number of carbonyl (C=O) groups excluding carboxylic acids is 4. The zero-order chi connectivity index (χ0) is 35.2. The van der Waals surface area contributed by atoms with Crippen LogP contribution >= 0.6 is 0 Å². The van der Waals surface area contributed by atoms with E-state index in [1.54, 1.807) is 57.4 Å². The molecule has 3 heterocycles. The molecule has 1 aromatic carbocycles. The fourth-order valence-corrected chi connectivity index (χ4v) is 4.11. The summed E-state index contributed by atoms with van der Waals surface area (Å²) in [5.74, 6) is 13.9. The summed E-state index contributed by atoms with van der Waals surface area (Å²) in [7, 11) is 6.57. The van der Waals surface area contributed by atoms with Crippen molar-refractivity contribution in [3.63, 3.8) is 0 Å². The number of anilines is 4. The first-order chi connectivity index (χ1) is 22.8. The minimum absolute atomic E-state index is 0.0133. The maximum absolute atomic E-state index is 12.7. The fraction of sp³-hybridized carbons (Fsp3) is 0.375. The molecule has 1 fully saturated rings. The van der Waals surface area contributed by atoms with Gasteiger partial charge < -0.3 is 49.3 Å². The minimum Gasteiger partial charge on any atom is -0.447 e. The number of rotatable bonds is 12. The molecule has 0 radical (unpaired) electrons. The van der Waals surface area contributed by atoms with Crippen LogP contribution < -0.4 is 49.2 Å². The van der Waals surface area contributed by atoms with Gasteiger partial charge in [-0.05, 0) is 12.1 Å². The number of hydrogen-bond acceptors (Lipinski definition) is 24. The van der Waals surface area contributed by atoms with Crippen molar-refractivity contribution >= 4 is 59.1 Å². The Morgan fingerprint density at radius 1 is 0.875 bits per heavy atom. The van der Waals surface area contributed by atoms with Crippen LogP contribution in [0.5, 0.6) is 6.01 Å². The Balaban J connectivity index is 1.66. The van der Waals surface area contributed by atoms with Crippen LogP contribution in [0.4, 0.5) is 23.3 Å². The van der Waals surface area contributed by atoms with Crippen molar-refractivity contribution in [1.82, 2.24) is 25.2 Å². The Morgan fingerprint density at radius 2 is 1.54 bits per heavy atom. The highest BCUT2D eigenvalue weighted by molar-refractivity contribution is 6.09. The van der Waals surface area contributed by atoms with Crippen LogP contribution in [-0.4, -0.2) is 101 Å². The van der Waals surface area contributed by atoms with Crippen molar-refractivity contribution < 1.29 is 48.0 Å². The third-order valence-corrected chi connectivity index (χ3v) is 6.48. The van der Waals surface area contributed by atoms with Gasteiger partial charge in [0.15, 0.2) is 0 Å². The summed E-state index contributed by atoms with van der Waals surface area (Å²) in [6.45, 7) is 0. The highest BCUT2D eigenvalue weighted by Crippen LogP contribution is 2.54. The number of epoxide rings is 1. The average molecular weight is 677 g/mol. The molecule has 258 valence electrons. The monoisotopic (exact) mass is 676 g/mol. The van der Waals surface area contributed by atoms with Crippen LogP contribution in [0.2, 0.25) is 0 Å². The Morgan fingerprint density at radius 3 is 2.12 bits per heavy atom. The minimum atomic E-state index is -2.08. The topological polar surface area (TPSA) is 337 Å². The van der Waals surface area contributed by atoms with Gasteiger partial charge in [-0.2, -0.15) is 48.5 Å². The lowest BCUT2D eigenvalue weighted by Crippen LogP contribution is -2.50.